The highest BCUT2D eigenvalue weighted by Gasteiger charge is 2.35. The zero-order valence-corrected chi connectivity index (χ0v) is 24.0. The third kappa shape index (κ3) is 8.31. The number of carbonyl (C=O) groups excluding carboxylic acids is 2. The molecule has 0 spiro atoms. The lowest BCUT2D eigenvalue weighted by Crippen LogP contribution is -2.44. The van der Waals surface area contributed by atoms with Crippen molar-refractivity contribution in [3.63, 3.8) is 0 Å². The van der Waals surface area contributed by atoms with Crippen molar-refractivity contribution >= 4 is 11.9 Å². The summed E-state index contributed by atoms with van der Waals surface area (Å²) < 4.78 is 48.8. The second kappa shape index (κ2) is 12.9. The highest BCUT2D eigenvalue weighted by Crippen LogP contribution is 2.40. The number of aliphatic hydroxyl groups excluding tert-OH is 1. The molecular weight excluding hydrogens is 537 g/mol. The van der Waals surface area contributed by atoms with Gasteiger partial charge in [-0.3, -0.25) is 19.2 Å². The number of aromatic nitrogens is 2. The van der Waals surface area contributed by atoms with Gasteiger partial charge in [0.15, 0.2) is 5.69 Å². The van der Waals surface area contributed by atoms with Crippen LogP contribution in [0.25, 0.3) is 11.3 Å². The summed E-state index contributed by atoms with van der Waals surface area (Å²) in [6, 6.07) is 6.02. The molecule has 226 valence electrons. The van der Waals surface area contributed by atoms with Crippen LogP contribution in [-0.2, 0) is 15.7 Å². The first-order chi connectivity index (χ1) is 19.3. The molecule has 8 nitrogen and oxygen atoms in total. The fraction of sp³-hybridized carbons (Fsp3) is 0.633. The molecule has 1 saturated carbocycles. The minimum Gasteiger partial charge on any atom is -0.460 e. The number of ether oxygens (including phenoxy) is 1. The predicted octanol–water partition coefficient (Wildman–Crippen LogP) is 5.71. The number of nitrogens with one attached hydrogen (secondary N) is 1. The fourth-order valence-electron chi connectivity index (χ4n) is 5.71. The molecule has 2 atom stereocenters. The molecule has 2 aromatic rings. The van der Waals surface area contributed by atoms with Crippen molar-refractivity contribution < 1.29 is 32.6 Å². The number of halogens is 3. The SMILES string of the molecule is CC(C)(C)OC(=O)C[C@H](CCN1CCCCC1O)NC(=O)c1cc(-c2ccccc2C(F)(F)F)n(C2CCCC2)n1. The van der Waals surface area contributed by atoms with E-state index < -0.39 is 41.5 Å². The van der Waals surface area contributed by atoms with Gasteiger partial charge < -0.3 is 15.2 Å². The molecule has 0 bridgehead atoms. The number of hydrogen-bond acceptors (Lipinski definition) is 6. The largest absolute Gasteiger partial charge is 0.460 e. The van der Waals surface area contributed by atoms with Crippen molar-refractivity contribution in [2.24, 2.45) is 0 Å². The molecule has 11 heteroatoms. The number of alkyl halides is 3. The lowest BCUT2D eigenvalue weighted by molar-refractivity contribution is -0.155. The second-order valence-electron chi connectivity index (χ2n) is 12.1. The average molecular weight is 579 g/mol. The Kier molecular flexibility index (Phi) is 9.79. The molecule has 1 unspecified atom stereocenters. The van der Waals surface area contributed by atoms with Crippen molar-refractivity contribution in [3.05, 3.63) is 41.6 Å². The quantitative estimate of drug-likeness (QED) is 0.370. The van der Waals surface area contributed by atoms with Crippen molar-refractivity contribution in [1.82, 2.24) is 20.0 Å². The standard InChI is InChI=1S/C30H41F3N4O4/c1-29(2,3)41-27(39)18-20(15-17-36-16-9-8-14-26(36)38)34-28(40)24-19-25(37(35-24)21-10-4-5-11-21)22-12-6-7-13-23(22)30(31,32)33/h6-7,12-13,19-21,26,38H,4-5,8-11,14-18H2,1-3H3,(H,34,40)/t20-,26?/m0/s1. The number of benzene rings is 1. The second-order valence-corrected chi connectivity index (χ2v) is 12.1. The van der Waals surface area contributed by atoms with E-state index in [0.29, 0.717) is 19.4 Å². The third-order valence-corrected chi connectivity index (χ3v) is 7.66. The van der Waals surface area contributed by atoms with E-state index in [4.69, 9.17) is 4.74 Å². The first kappa shape index (κ1) is 31.0. The third-order valence-electron chi connectivity index (χ3n) is 7.66. The van der Waals surface area contributed by atoms with Gasteiger partial charge in [-0.25, -0.2) is 0 Å². The van der Waals surface area contributed by atoms with E-state index in [9.17, 15) is 27.9 Å². The van der Waals surface area contributed by atoms with Gasteiger partial charge >= 0.3 is 12.1 Å². The van der Waals surface area contributed by atoms with Crippen LogP contribution >= 0.6 is 0 Å². The van der Waals surface area contributed by atoms with E-state index in [1.165, 1.54) is 18.2 Å². The van der Waals surface area contributed by atoms with E-state index in [-0.39, 0.29) is 29.4 Å². The summed E-state index contributed by atoms with van der Waals surface area (Å²) in [5, 5.41) is 17.8. The van der Waals surface area contributed by atoms with E-state index in [1.807, 2.05) is 4.90 Å². The van der Waals surface area contributed by atoms with Gasteiger partial charge in [-0.05, 0) is 71.4 Å². The van der Waals surface area contributed by atoms with Crippen LogP contribution in [0, 0.1) is 0 Å². The summed E-state index contributed by atoms with van der Waals surface area (Å²) in [5.74, 6) is -1.04. The smallest absolute Gasteiger partial charge is 0.417 e. The van der Waals surface area contributed by atoms with Gasteiger partial charge in [0.1, 0.15) is 11.8 Å². The van der Waals surface area contributed by atoms with Crippen LogP contribution in [0.4, 0.5) is 13.2 Å². The van der Waals surface area contributed by atoms with Crippen LogP contribution in [0.3, 0.4) is 0 Å². The maximum Gasteiger partial charge on any atom is 0.417 e. The lowest BCUT2D eigenvalue weighted by Gasteiger charge is -2.33. The van der Waals surface area contributed by atoms with Crippen molar-refractivity contribution in [1.29, 1.82) is 0 Å². The number of hydrogen-bond donors (Lipinski definition) is 2. The Bertz CT molecular complexity index is 1200. The molecule has 1 amide bonds. The first-order valence-electron chi connectivity index (χ1n) is 14.5. The van der Waals surface area contributed by atoms with E-state index in [2.05, 4.69) is 10.4 Å². The molecule has 1 aromatic carbocycles. The first-order valence-corrected chi connectivity index (χ1v) is 14.5. The minimum atomic E-state index is -4.57. The van der Waals surface area contributed by atoms with Crippen molar-refractivity contribution in [3.8, 4) is 11.3 Å². The zero-order valence-electron chi connectivity index (χ0n) is 24.0. The number of esters is 1. The maximum atomic E-state index is 13.9. The molecule has 1 aromatic heterocycles. The maximum absolute atomic E-state index is 13.9. The minimum absolute atomic E-state index is 0.00364. The summed E-state index contributed by atoms with van der Waals surface area (Å²) in [4.78, 5) is 28.1. The number of amides is 1. The van der Waals surface area contributed by atoms with Crippen LogP contribution in [0.1, 0.15) is 101 Å². The molecule has 0 radical (unpaired) electrons. The van der Waals surface area contributed by atoms with Gasteiger partial charge in [0.05, 0.1) is 23.7 Å². The van der Waals surface area contributed by atoms with Gasteiger partial charge in [0.25, 0.3) is 5.91 Å². The number of likely N-dealkylation sites (tertiary alicyclic amines) is 1. The van der Waals surface area contributed by atoms with Crippen LogP contribution in [0.15, 0.2) is 30.3 Å². The van der Waals surface area contributed by atoms with Gasteiger partial charge in [0, 0.05) is 24.7 Å². The number of rotatable bonds is 9. The normalized spacial score (nSPS) is 19.7. The number of nitrogens with zero attached hydrogens (tertiary/aromatic N) is 3. The van der Waals surface area contributed by atoms with Gasteiger partial charge in [0.2, 0.25) is 0 Å². The molecule has 1 aliphatic heterocycles. The molecule has 1 aliphatic carbocycles. The Hall–Kier alpha value is -2.92. The van der Waals surface area contributed by atoms with Crippen LogP contribution in [0.5, 0.6) is 0 Å². The Morgan fingerprint density at radius 2 is 1.78 bits per heavy atom. The monoisotopic (exact) mass is 578 g/mol. The fourth-order valence-corrected chi connectivity index (χ4v) is 5.71. The number of carbonyl (C=O) groups is 2. The predicted molar refractivity (Wildman–Crippen MR) is 148 cm³/mol. The Morgan fingerprint density at radius 1 is 1.10 bits per heavy atom. The summed E-state index contributed by atoms with van der Waals surface area (Å²) in [5.41, 5.74) is -1.27. The molecule has 2 N–H and O–H groups in total. The number of piperidine rings is 1. The molecule has 2 fully saturated rings. The molecule has 1 saturated heterocycles. The molecular formula is C30H41F3N4O4. The average Bonchev–Trinajstić information content (AvgIpc) is 3.57. The lowest BCUT2D eigenvalue weighted by atomic mass is 10.0. The van der Waals surface area contributed by atoms with Crippen LogP contribution < -0.4 is 5.32 Å². The van der Waals surface area contributed by atoms with Crippen molar-refractivity contribution in [2.45, 2.75) is 109 Å². The van der Waals surface area contributed by atoms with Crippen LogP contribution in [-0.4, -0.2) is 62.6 Å². The Morgan fingerprint density at radius 3 is 2.44 bits per heavy atom. The molecule has 2 aliphatic rings. The highest BCUT2D eigenvalue weighted by atomic mass is 19.4. The Balaban J connectivity index is 1.59. The van der Waals surface area contributed by atoms with E-state index >= 15 is 0 Å². The summed E-state index contributed by atoms with van der Waals surface area (Å²) in [6.45, 7) is 6.48. The van der Waals surface area contributed by atoms with Crippen molar-refractivity contribution in [2.75, 3.05) is 13.1 Å². The van der Waals surface area contributed by atoms with E-state index in [1.54, 1.807) is 31.5 Å². The highest BCUT2D eigenvalue weighted by molar-refractivity contribution is 5.94. The van der Waals surface area contributed by atoms with Gasteiger partial charge in [-0.15, -0.1) is 0 Å². The Labute approximate surface area is 239 Å². The summed E-state index contributed by atoms with van der Waals surface area (Å²) in [6.07, 6.45) is 1.15. The molecule has 41 heavy (non-hydrogen) atoms. The van der Waals surface area contributed by atoms with E-state index in [0.717, 1.165) is 51.1 Å². The molecule has 2 heterocycles. The summed E-state index contributed by atoms with van der Waals surface area (Å²) >= 11 is 0. The summed E-state index contributed by atoms with van der Waals surface area (Å²) in [7, 11) is 0. The number of aliphatic hydroxyl groups is 1. The van der Waals surface area contributed by atoms with Gasteiger partial charge in [-0.2, -0.15) is 18.3 Å². The molecule has 4 rings (SSSR count). The van der Waals surface area contributed by atoms with Crippen LogP contribution in [0.2, 0.25) is 0 Å². The van der Waals surface area contributed by atoms with Gasteiger partial charge in [-0.1, -0.05) is 31.0 Å². The topological polar surface area (TPSA) is 96.7 Å². The zero-order chi connectivity index (χ0) is 29.8.